The van der Waals surface area contributed by atoms with Gasteiger partial charge in [0, 0.05) is 28.5 Å². The van der Waals surface area contributed by atoms with E-state index in [-0.39, 0.29) is 22.0 Å². The first-order valence-corrected chi connectivity index (χ1v) is 16.5. The Morgan fingerprint density at radius 2 is 1.31 bits per heavy atom. The molecule has 0 aliphatic heterocycles. The van der Waals surface area contributed by atoms with Crippen LogP contribution in [-0.4, -0.2) is 20.1 Å². The Morgan fingerprint density at radius 3 is 1.96 bits per heavy atom. The number of para-hydroxylation sites is 1. The van der Waals surface area contributed by atoms with Crippen molar-refractivity contribution in [3.8, 4) is 56.7 Å². The molecule has 0 saturated carbocycles. The number of aromatic nitrogens is 3. The average molecular weight is 633 g/mol. The molecule has 4 aromatic carbocycles. The average Bonchev–Trinajstić information content (AvgIpc) is 3.47. The summed E-state index contributed by atoms with van der Waals surface area (Å²) in [5, 5.41) is 21.5. The number of fused-ring (bicyclic) bond motifs is 1. The Kier molecular flexibility index (Phi) is 8.04. The smallest absolute Gasteiger partial charge is 0.142 e. The van der Waals surface area contributed by atoms with Crippen molar-refractivity contribution < 1.29 is 5.11 Å². The van der Waals surface area contributed by atoms with E-state index in [0.29, 0.717) is 17.0 Å². The van der Waals surface area contributed by atoms with Crippen LogP contribution in [0.3, 0.4) is 0 Å². The van der Waals surface area contributed by atoms with E-state index >= 15 is 0 Å². The summed E-state index contributed by atoms with van der Waals surface area (Å²) in [6, 6.07) is 31.3. The van der Waals surface area contributed by atoms with Crippen LogP contribution in [0.2, 0.25) is 0 Å². The third-order valence-electron chi connectivity index (χ3n) is 9.07. The van der Waals surface area contributed by atoms with Gasteiger partial charge in [0.15, 0.2) is 0 Å². The van der Waals surface area contributed by atoms with Gasteiger partial charge in [0.25, 0.3) is 0 Å². The highest BCUT2D eigenvalue weighted by atomic mass is 16.3. The number of benzene rings is 4. The number of nitrogens with zero attached hydrogens (tertiary/aromatic N) is 3. The maximum atomic E-state index is 11.6. The van der Waals surface area contributed by atoms with Crippen LogP contribution in [0.25, 0.3) is 55.9 Å². The van der Waals surface area contributed by atoms with E-state index in [1.54, 1.807) is 6.20 Å². The molecule has 0 aliphatic carbocycles. The molecule has 0 atom stereocenters. The lowest BCUT2D eigenvalue weighted by atomic mass is 9.79. The van der Waals surface area contributed by atoms with E-state index in [9.17, 15) is 10.4 Å². The molecular formula is C43H44N4O. The van der Waals surface area contributed by atoms with Crippen LogP contribution in [0.15, 0.2) is 91.1 Å². The lowest BCUT2D eigenvalue weighted by Crippen LogP contribution is -2.17. The van der Waals surface area contributed by atoms with Crippen molar-refractivity contribution in [1.82, 2.24) is 15.0 Å². The molecule has 5 heteroatoms. The second-order valence-electron chi connectivity index (χ2n) is 15.8. The number of pyridine rings is 1. The SMILES string of the molecule is CC(C)(C)c1cc(-c2cc(-c3ccccc3)c(C#N)cn2)cc(-c2cccc3[nH]c(-c4cc(C(C)(C)C)cc(C(C)(C)C)c4O)nc23)c1. The number of imidazole rings is 1. The number of hydrogen-bond acceptors (Lipinski definition) is 4. The summed E-state index contributed by atoms with van der Waals surface area (Å²) in [6.45, 7) is 19.6. The molecular weight excluding hydrogens is 589 g/mol. The number of H-pyrrole nitrogens is 1. The van der Waals surface area contributed by atoms with Gasteiger partial charge in [-0.25, -0.2) is 4.98 Å². The molecule has 6 aromatic rings. The van der Waals surface area contributed by atoms with Gasteiger partial charge in [-0.15, -0.1) is 0 Å². The maximum absolute atomic E-state index is 11.6. The highest BCUT2D eigenvalue weighted by Gasteiger charge is 2.27. The third kappa shape index (κ3) is 6.23. The molecule has 2 aromatic heterocycles. The fourth-order valence-electron chi connectivity index (χ4n) is 6.14. The van der Waals surface area contributed by atoms with E-state index in [1.807, 2.05) is 48.5 Å². The third-order valence-corrected chi connectivity index (χ3v) is 9.07. The number of aromatic amines is 1. The Hall–Kier alpha value is -5.21. The molecule has 242 valence electrons. The van der Waals surface area contributed by atoms with Gasteiger partial charge in [-0.3, -0.25) is 4.98 Å². The fourth-order valence-corrected chi connectivity index (χ4v) is 6.14. The van der Waals surface area contributed by atoms with Crippen LogP contribution in [0.4, 0.5) is 0 Å². The van der Waals surface area contributed by atoms with Gasteiger partial charge < -0.3 is 10.1 Å². The van der Waals surface area contributed by atoms with Crippen LogP contribution in [-0.2, 0) is 16.2 Å². The first-order valence-electron chi connectivity index (χ1n) is 16.5. The molecule has 2 N–H and O–H groups in total. The largest absolute Gasteiger partial charge is 0.507 e. The molecule has 0 aliphatic rings. The molecule has 5 nitrogen and oxygen atoms in total. The van der Waals surface area contributed by atoms with Crippen molar-refractivity contribution in [1.29, 1.82) is 5.26 Å². The first-order chi connectivity index (χ1) is 22.5. The highest BCUT2D eigenvalue weighted by Crippen LogP contribution is 2.43. The normalized spacial score (nSPS) is 12.3. The van der Waals surface area contributed by atoms with Crippen LogP contribution < -0.4 is 0 Å². The van der Waals surface area contributed by atoms with E-state index in [2.05, 4.69) is 110 Å². The van der Waals surface area contributed by atoms with Gasteiger partial charge in [-0.1, -0.05) is 117 Å². The van der Waals surface area contributed by atoms with E-state index in [4.69, 9.17) is 9.97 Å². The standard InChI is InChI=1S/C43H44N4O/c1-41(2,3)30-19-27(18-28(20-30)37-23-33(29(24-44)25-45-37)26-14-11-10-12-15-26)32-16-13-17-36-38(32)47-40(46-36)34-21-31(42(4,5)6)22-35(39(34)48)43(7,8)9/h10-23,25,48H,1-9H3,(H,46,47). The van der Waals surface area contributed by atoms with Crippen molar-refractivity contribution in [2.75, 3.05) is 0 Å². The molecule has 0 radical (unpaired) electrons. The van der Waals surface area contributed by atoms with E-state index in [1.165, 1.54) is 5.56 Å². The summed E-state index contributed by atoms with van der Waals surface area (Å²) in [5.74, 6) is 0.897. The molecule has 0 spiro atoms. The van der Waals surface area contributed by atoms with E-state index < -0.39 is 0 Å². The predicted octanol–water partition coefficient (Wildman–Crippen LogP) is 11.1. The van der Waals surface area contributed by atoms with Gasteiger partial charge in [0.1, 0.15) is 17.6 Å². The predicted molar refractivity (Wildman–Crippen MR) is 198 cm³/mol. The first kappa shape index (κ1) is 32.7. The van der Waals surface area contributed by atoms with Crippen LogP contribution in [0.5, 0.6) is 5.75 Å². The lowest BCUT2D eigenvalue weighted by Gasteiger charge is -2.27. The molecule has 6 rings (SSSR count). The maximum Gasteiger partial charge on any atom is 0.142 e. The van der Waals surface area contributed by atoms with Gasteiger partial charge >= 0.3 is 0 Å². The second kappa shape index (κ2) is 11.8. The molecule has 0 bridgehead atoms. The zero-order chi connectivity index (χ0) is 34.6. The molecule has 0 fully saturated rings. The minimum absolute atomic E-state index is 0.108. The number of phenolic OH excluding ortho intramolecular Hbond substituents is 1. The summed E-state index contributed by atoms with van der Waals surface area (Å²) < 4.78 is 0. The van der Waals surface area contributed by atoms with Crippen molar-refractivity contribution in [2.24, 2.45) is 0 Å². The van der Waals surface area contributed by atoms with Gasteiger partial charge in [-0.2, -0.15) is 5.26 Å². The molecule has 48 heavy (non-hydrogen) atoms. The summed E-state index contributed by atoms with van der Waals surface area (Å²) >= 11 is 0. The van der Waals surface area contributed by atoms with Crippen LogP contribution in [0, 0.1) is 11.3 Å². The Morgan fingerprint density at radius 1 is 0.646 bits per heavy atom. The van der Waals surface area contributed by atoms with Crippen molar-refractivity contribution in [2.45, 2.75) is 78.6 Å². The lowest BCUT2D eigenvalue weighted by molar-refractivity contribution is 0.446. The number of phenols is 1. The molecule has 0 amide bonds. The van der Waals surface area contributed by atoms with Crippen molar-refractivity contribution in [3.63, 3.8) is 0 Å². The number of nitriles is 1. The second-order valence-corrected chi connectivity index (χ2v) is 15.8. The van der Waals surface area contributed by atoms with Crippen molar-refractivity contribution >= 4 is 11.0 Å². The number of hydrogen-bond donors (Lipinski definition) is 2. The Labute approximate surface area is 284 Å². The molecule has 0 unspecified atom stereocenters. The summed E-state index contributed by atoms with van der Waals surface area (Å²) in [4.78, 5) is 13.5. The minimum atomic E-state index is -0.249. The number of nitrogens with one attached hydrogen (secondary N) is 1. The summed E-state index contributed by atoms with van der Waals surface area (Å²) in [5.41, 5.74) is 11.3. The Bertz CT molecular complexity index is 2200. The number of rotatable bonds is 4. The fraction of sp³-hybridized carbons (Fsp3) is 0.279. The van der Waals surface area contributed by atoms with Gasteiger partial charge in [0.05, 0.1) is 27.9 Å². The highest BCUT2D eigenvalue weighted by molar-refractivity contribution is 5.95. The quantitative estimate of drug-likeness (QED) is 0.202. The molecule has 2 heterocycles. The van der Waals surface area contributed by atoms with Gasteiger partial charge in [-0.05, 0) is 68.8 Å². The van der Waals surface area contributed by atoms with Crippen molar-refractivity contribution in [3.05, 3.63) is 113 Å². The summed E-state index contributed by atoms with van der Waals surface area (Å²) in [7, 11) is 0. The Balaban J connectivity index is 1.55. The summed E-state index contributed by atoms with van der Waals surface area (Å²) in [6.07, 6.45) is 1.67. The van der Waals surface area contributed by atoms with E-state index in [0.717, 1.165) is 55.7 Å². The minimum Gasteiger partial charge on any atom is -0.507 e. The van der Waals surface area contributed by atoms with Crippen LogP contribution in [0.1, 0.15) is 84.6 Å². The van der Waals surface area contributed by atoms with Gasteiger partial charge in [0.2, 0.25) is 0 Å². The monoisotopic (exact) mass is 632 g/mol. The zero-order valence-corrected chi connectivity index (χ0v) is 29.4. The van der Waals surface area contributed by atoms with Crippen LogP contribution >= 0.6 is 0 Å². The number of aromatic hydroxyl groups is 1. The zero-order valence-electron chi connectivity index (χ0n) is 29.4. The topological polar surface area (TPSA) is 85.6 Å². The molecule has 0 saturated heterocycles.